The van der Waals surface area contributed by atoms with Crippen LogP contribution in [0.5, 0.6) is 0 Å². The minimum Gasteiger partial charge on any atom is -0.461 e. The van der Waals surface area contributed by atoms with Crippen molar-refractivity contribution in [3.05, 3.63) is 52.7 Å². The van der Waals surface area contributed by atoms with Gasteiger partial charge in [-0.3, -0.25) is 10.2 Å². The highest BCUT2D eigenvalue weighted by atomic mass is 16.5. The van der Waals surface area contributed by atoms with E-state index in [0.29, 0.717) is 27.6 Å². The number of nitrogens with zero attached hydrogens (tertiary/aromatic N) is 2. The predicted molar refractivity (Wildman–Crippen MR) is 93.3 cm³/mol. The number of hydrogen-bond donors (Lipinski definition) is 1. The van der Waals surface area contributed by atoms with E-state index in [-0.39, 0.29) is 12.0 Å². The number of nitrogens with one attached hydrogen (secondary N) is 1. The van der Waals surface area contributed by atoms with Gasteiger partial charge in [0.1, 0.15) is 17.2 Å². The van der Waals surface area contributed by atoms with Gasteiger partial charge in [0, 0.05) is 0 Å². The smallest absolute Gasteiger partial charge is 0.369 e. The van der Waals surface area contributed by atoms with Gasteiger partial charge in [-0.25, -0.2) is 4.79 Å². The van der Waals surface area contributed by atoms with Gasteiger partial charge in [0.25, 0.3) is 0 Å². The summed E-state index contributed by atoms with van der Waals surface area (Å²) in [7, 11) is 0. The number of ether oxygens (including phenoxy) is 1. The van der Waals surface area contributed by atoms with Crippen LogP contribution in [0.1, 0.15) is 6.92 Å². The normalized spacial score (nSPS) is 11.3. The molecule has 2 aromatic carbocycles. The Labute approximate surface area is 142 Å². The number of para-hydroxylation sites is 1. The van der Waals surface area contributed by atoms with E-state index in [9.17, 15) is 9.59 Å². The Morgan fingerprint density at radius 2 is 2.00 bits per heavy atom. The molecule has 25 heavy (non-hydrogen) atoms. The third kappa shape index (κ3) is 3.19. The quantitative estimate of drug-likeness (QED) is 0.340. The number of hydrazone groups is 1. The lowest BCUT2D eigenvalue weighted by atomic mass is 10.1. The highest BCUT2D eigenvalue weighted by molar-refractivity contribution is 6.43. The van der Waals surface area contributed by atoms with E-state index in [1.165, 1.54) is 0 Å². The van der Waals surface area contributed by atoms with E-state index in [1.54, 1.807) is 55.5 Å². The highest BCUT2D eigenvalue weighted by Gasteiger charge is 2.12. The van der Waals surface area contributed by atoms with Crippen molar-refractivity contribution < 1.29 is 13.9 Å². The van der Waals surface area contributed by atoms with Crippen LogP contribution in [0.25, 0.3) is 21.9 Å². The van der Waals surface area contributed by atoms with Crippen LogP contribution in [0.4, 0.5) is 5.69 Å². The number of hydrogen-bond acceptors (Lipinski definition) is 7. The average Bonchev–Trinajstić information content (AvgIpc) is 2.63. The molecule has 0 aliphatic carbocycles. The molecule has 0 saturated carbocycles. The molecular weight excluding hydrogens is 322 g/mol. The van der Waals surface area contributed by atoms with Crippen molar-refractivity contribution in [3.8, 4) is 6.07 Å². The van der Waals surface area contributed by atoms with Gasteiger partial charge in [-0.05, 0) is 37.3 Å². The van der Waals surface area contributed by atoms with Gasteiger partial charge in [-0.15, -0.1) is 0 Å². The Kier molecular flexibility index (Phi) is 4.44. The molecule has 1 N–H and O–H groups in total. The Morgan fingerprint density at radius 1 is 1.24 bits per heavy atom. The molecule has 0 bridgehead atoms. The molecule has 0 aliphatic heterocycles. The van der Waals surface area contributed by atoms with Crippen molar-refractivity contribution in [1.29, 1.82) is 5.26 Å². The third-order valence-corrected chi connectivity index (χ3v) is 3.45. The van der Waals surface area contributed by atoms with E-state index in [4.69, 9.17) is 14.4 Å². The molecule has 3 aromatic rings. The molecule has 0 radical (unpaired) electrons. The molecule has 0 amide bonds. The van der Waals surface area contributed by atoms with Crippen molar-refractivity contribution in [2.45, 2.75) is 6.92 Å². The Morgan fingerprint density at radius 3 is 2.76 bits per heavy atom. The first-order valence-electron chi connectivity index (χ1n) is 7.50. The van der Waals surface area contributed by atoms with Crippen molar-refractivity contribution in [1.82, 2.24) is 0 Å². The third-order valence-electron chi connectivity index (χ3n) is 3.45. The number of esters is 1. The summed E-state index contributed by atoms with van der Waals surface area (Å²) in [6, 6.07) is 13.4. The van der Waals surface area contributed by atoms with Gasteiger partial charge in [0.2, 0.25) is 11.1 Å². The summed E-state index contributed by atoms with van der Waals surface area (Å²) >= 11 is 0. The Bertz CT molecular complexity index is 1090. The lowest BCUT2D eigenvalue weighted by Gasteiger charge is -2.05. The maximum absolute atomic E-state index is 12.6. The minimum absolute atomic E-state index is 0.142. The summed E-state index contributed by atoms with van der Waals surface area (Å²) in [6.45, 7) is 1.77. The summed E-state index contributed by atoms with van der Waals surface area (Å²) in [5.74, 6) is -0.816. The van der Waals surface area contributed by atoms with Gasteiger partial charge >= 0.3 is 5.97 Å². The van der Waals surface area contributed by atoms with Crippen LogP contribution in [-0.2, 0) is 9.53 Å². The van der Waals surface area contributed by atoms with Crippen LogP contribution in [0.15, 0.2) is 56.8 Å². The van der Waals surface area contributed by atoms with Crippen LogP contribution in [0.2, 0.25) is 0 Å². The number of fused-ring (bicyclic) bond motifs is 2. The second-order valence-corrected chi connectivity index (χ2v) is 5.04. The molecule has 7 heteroatoms. The van der Waals surface area contributed by atoms with Gasteiger partial charge in [-0.2, -0.15) is 10.4 Å². The van der Waals surface area contributed by atoms with Crippen LogP contribution >= 0.6 is 0 Å². The number of anilines is 1. The molecule has 3 rings (SSSR count). The van der Waals surface area contributed by atoms with E-state index in [2.05, 4.69) is 10.5 Å². The lowest BCUT2D eigenvalue weighted by molar-refractivity contribution is -0.134. The average molecular weight is 335 g/mol. The zero-order valence-electron chi connectivity index (χ0n) is 13.3. The van der Waals surface area contributed by atoms with Gasteiger partial charge in [0.05, 0.1) is 23.1 Å². The number of nitriles is 1. The van der Waals surface area contributed by atoms with Crippen LogP contribution in [-0.4, -0.2) is 18.3 Å². The van der Waals surface area contributed by atoms with Gasteiger partial charge in [0.15, 0.2) is 0 Å². The lowest BCUT2D eigenvalue weighted by Crippen LogP contribution is -2.17. The molecule has 1 heterocycles. The van der Waals surface area contributed by atoms with Crippen LogP contribution in [0, 0.1) is 11.3 Å². The van der Waals surface area contributed by atoms with E-state index in [1.807, 2.05) is 0 Å². The molecule has 1 aromatic heterocycles. The SMILES string of the molecule is CCOC(=O)/C(C#N)=N/Nc1ccc2oc3ccccc3c(=O)c2c1. The first kappa shape index (κ1) is 16.2. The second-order valence-electron chi connectivity index (χ2n) is 5.04. The molecule has 0 spiro atoms. The summed E-state index contributed by atoms with van der Waals surface area (Å²) in [4.78, 5) is 24.1. The fraction of sp³-hybridized carbons (Fsp3) is 0.111. The number of carbonyl (C=O) groups excluding carboxylic acids is 1. The van der Waals surface area contributed by atoms with Crippen molar-refractivity contribution in [3.63, 3.8) is 0 Å². The van der Waals surface area contributed by atoms with Crippen LogP contribution < -0.4 is 10.9 Å². The minimum atomic E-state index is -0.816. The topological polar surface area (TPSA) is 105 Å². The van der Waals surface area contributed by atoms with Crippen LogP contribution in [0.3, 0.4) is 0 Å². The number of benzene rings is 2. The molecule has 0 fully saturated rings. The highest BCUT2D eigenvalue weighted by Crippen LogP contribution is 2.21. The van der Waals surface area contributed by atoms with Crippen molar-refractivity contribution in [2.24, 2.45) is 5.10 Å². The van der Waals surface area contributed by atoms with Crippen molar-refractivity contribution >= 4 is 39.3 Å². The first-order chi connectivity index (χ1) is 12.1. The number of carbonyl (C=O) groups is 1. The molecule has 7 nitrogen and oxygen atoms in total. The maximum atomic E-state index is 12.6. The standard InChI is InChI=1S/C18H13N3O4/c1-2-24-18(23)14(10-19)21-20-11-7-8-16-13(9-11)17(22)12-5-3-4-6-15(12)25-16/h3-9,20H,2H2,1H3/b21-14+. The summed E-state index contributed by atoms with van der Waals surface area (Å²) < 4.78 is 10.4. The predicted octanol–water partition coefficient (Wildman–Crippen LogP) is 2.80. The second kappa shape index (κ2) is 6.84. The fourth-order valence-electron chi connectivity index (χ4n) is 2.31. The molecule has 0 unspecified atom stereocenters. The number of rotatable bonds is 4. The Balaban J connectivity index is 2.00. The van der Waals surface area contributed by atoms with Gasteiger partial charge in [-0.1, -0.05) is 12.1 Å². The summed E-state index contributed by atoms with van der Waals surface area (Å²) in [5, 5.41) is 13.5. The monoisotopic (exact) mass is 335 g/mol. The molecular formula is C18H13N3O4. The van der Waals surface area contributed by atoms with Gasteiger partial charge < -0.3 is 9.15 Å². The van der Waals surface area contributed by atoms with Crippen molar-refractivity contribution in [2.75, 3.05) is 12.0 Å². The Hall–Kier alpha value is -3.66. The summed E-state index contributed by atoms with van der Waals surface area (Å²) in [6.07, 6.45) is 0. The first-order valence-corrected chi connectivity index (χ1v) is 7.50. The molecule has 124 valence electrons. The van der Waals surface area contributed by atoms with E-state index in [0.717, 1.165) is 0 Å². The molecule has 0 aliphatic rings. The summed E-state index contributed by atoms with van der Waals surface area (Å²) in [5.41, 5.74) is 3.38. The fourth-order valence-corrected chi connectivity index (χ4v) is 2.31. The maximum Gasteiger partial charge on any atom is 0.369 e. The largest absolute Gasteiger partial charge is 0.461 e. The molecule has 0 saturated heterocycles. The van der Waals surface area contributed by atoms with E-state index < -0.39 is 11.7 Å². The zero-order chi connectivity index (χ0) is 17.8. The zero-order valence-corrected chi connectivity index (χ0v) is 13.3. The molecule has 0 atom stereocenters. The van der Waals surface area contributed by atoms with E-state index >= 15 is 0 Å².